The van der Waals surface area contributed by atoms with Crippen molar-refractivity contribution in [3.8, 4) is 11.4 Å². The molecule has 0 radical (unpaired) electrons. The fraction of sp³-hybridized carbons (Fsp3) is 0.471. The van der Waals surface area contributed by atoms with Crippen LogP contribution in [0.5, 0.6) is 5.75 Å². The van der Waals surface area contributed by atoms with Crippen molar-refractivity contribution in [2.45, 2.75) is 26.3 Å². The van der Waals surface area contributed by atoms with Crippen LogP contribution in [0.2, 0.25) is 0 Å². The molecule has 2 N–H and O–H groups in total. The molecule has 5 nitrogen and oxygen atoms in total. The number of para-hydroxylation sites is 2. The van der Waals surface area contributed by atoms with E-state index in [-0.39, 0.29) is 0 Å². The lowest BCUT2D eigenvalue weighted by molar-refractivity contribution is 0.177. The maximum atomic E-state index is 6.33. The first kappa shape index (κ1) is 14.9. The maximum absolute atomic E-state index is 6.33. The van der Waals surface area contributed by atoms with Gasteiger partial charge in [0.25, 0.3) is 0 Å². The van der Waals surface area contributed by atoms with Crippen LogP contribution >= 0.6 is 0 Å². The van der Waals surface area contributed by atoms with Gasteiger partial charge in [0, 0.05) is 18.7 Å². The van der Waals surface area contributed by atoms with E-state index in [9.17, 15) is 0 Å². The van der Waals surface area contributed by atoms with Gasteiger partial charge in [0.2, 0.25) is 0 Å². The number of aromatic nitrogens is 2. The largest absolute Gasteiger partial charge is 0.494 e. The van der Waals surface area contributed by atoms with Crippen LogP contribution in [0.1, 0.15) is 25.3 Å². The van der Waals surface area contributed by atoms with Crippen LogP contribution in [0, 0.1) is 5.92 Å². The highest BCUT2D eigenvalue weighted by Crippen LogP contribution is 2.27. The summed E-state index contributed by atoms with van der Waals surface area (Å²) in [6.45, 7) is 5.46. The highest BCUT2D eigenvalue weighted by molar-refractivity contribution is 5.53. The summed E-state index contributed by atoms with van der Waals surface area (Å²) in [5.41, 5.74) is 8.29. The number of methoxy groups -OCH3 is 1. The van der Waals surface area contributed by atoms with Crippen LogP contribution < -0.4 is 10.5 Å². The third-order valence-electron chi connectivity index (χ3n) is 4.33. The molecule has 0 amide bonds. The van der Waals surface area contributed by atoms with Gasteiger partial charge in [-0.2, -0.15) is 5.10 Å². The third-order valence-corrected chi connectivity index (χ3v) is 4.33. The van der Waals surface area contributed by atoms with E-state index >= 15 is 0 Å². The maximum Gasteiger partial charge on any atom is 0.144 e. The van der Waals surface area contributed by atoms with Crippen LogP contribution in [-0.2, 0) is 6.54 Å². The van der Waals surface area contributed by atoms with Gasteiger partial charge in [-0.1, -0.05) is 19.1 Å². The molecule has 0 bridgehead atoms. The van der Waals surface area contributed by atoms with Crippen molar-refractivity contribution in [1.29, 1.82) is 0 Å². The van der Waals surface area contributed by atoms with Crippen molar-refractivity contribution in [2.75, 3.05) is 25.9 Å². The van der Waals surface area contributed by atoms with Crippen LogP contribution in [0.25, 0.3) is 5.69 Å². The molecule has 0 spiro atoms. The minimum Gasteiger partial charge on any atom is -0.494 e. The van der Waals surface area contributed by atoms with Crippen molar-refractivity contribution in [1.82, 2.24) is 14.7 Å². The predicted molar refractivity (Wildman–Crippen MR) is 88.2 cm³/mol. The second kappa shape index (κ2) is 6.40. The van der Waals surface area contributed by atoms with Crippen molar-refractivity contribution in [3.05, 3.63) is 36.0 Å². The minimum absolute atomic E-state index is 0.697. The molecular weight excluding hydrogens is 276 g/mol. The smallest absolute Gasteiger partial charge is 0.144 e. The van der Waals surface area contributed by atoms with Crippen molar-refractivity contribution >= 4 is 5.82 Å². The van der Waals surface area contributed by atoms with Gasteiger partial charge in [-0.05, 0) is 37.4 Å². The van der Waals surface area contributed by atoms with Crippen LogP contribution in [0.3, 0.4) is 0 Å². The summed E-state index contributed by atoms with van der Waals surface area (Å²) in [5, 5.41) is 4.46. The number of benzene rings is 1. The molecule has 1 fully saturated rings. The lowest BCUT2D eigenvalue weighted by Gasteiger charge is -2.30. The molecule has 2 aromatic rings. The van der Waals surface area contributed by atoms with Gasteiger partial charge in [-0.25, -0.2) is 4.68 Å². The van der Waals surface area contributed by atoms with Gasteiger partial charge in [-0.15, -0.1) is 0 Å². The molecule has 1 aliphatic heterocycles. The number of nitrogens with zero attached hydrogens (tertiary/aromatic N) is 3. The van der Waals surface area contributed by atoms with Gasteiger partial charge in [0.1, 0.15) is 17.3 Å². The molecule has 3 rings (SSSR count). The predicted octanol–water partition coefficient (Wildman–Crippen LogP) is 2.70. The average Bonchev–Trinajstić information content (AvgIpc) is 2.88. The van der Waals surface area contributed by atoms with Gasteiger partial charge in [0.15, 0.2) is 0 Å². The molecule has 118 valence electrons. The molecule has 2 heterocycles. The quantitative estimate of drug-likeness (QED) is 0.943. The SMILES string of the molecule is COc1ccccc1-n1ncc(CN2CCCC(C)C2)c1N. The Kier molecular flexibility index (Phi) is 4.34. The molecule has 1 atom stereocenters. The average molecular weight is 300 g/mol. The van der Waals surface area contributed by atoms with E-state index in [4.69, 9.17) is 10.5 Å². The van der Waals surface area contributed by atoms with E-state index in [2.05, 4.69) is 16.9 Å². The summed E-state index contributed by atoms with van der Waals surface area (Å²) in [5.74, 6) is 2.23. The second-order valence-corrected chi connectivity index (χ2v) is 6.12. The molecule has 22 heavy (non-hydrogen) atoms. The lowest BCUT2D eigenvalue weighted by atomic mass is 10.00. The second-order valence-electron chi connectivity index (χ2n) is 6.12. The Balaban J connectivity index is 1.83. The molecule has 5 heteroatoms. The number of nitrogens with two attached hydrogens (primary N) is 1. The first-order valence-corrected chi connectivity index (χ1v) is 7.87. The number of piperidine rings is 1. The highest BCUT2D eigenvalue weighted by Gasteiger charge is 2.19. The number of hydrogen-bond donors (Lipinski definition) is 1. The van der Waals surface area contributed by atoms with E-state index in [1.165, 1.54) is 12.8 Å². The Morgan fingerprint density at radius 2 is 2.18 bits per heavy atom. The summed E-state index contributed by atoms with van der Waals surface area (Å²) in [6, 6.07) is 7.79. The zero-order valence-corrected chi connectivity index (χ0v) is 13.3. The number of nitrogen functional groups attached to an aromatic ring is 1. The van der Waals surface area contributed by atoms with Crippen molar-refractivity contribution in [3.63, 3.8) is 0 Å². The zero-order valence-electron chi connectivity index (χ0n) is 13.3. The van der Waals surface area contributed by atoms with Crippen molar-refractivity contribution in [2.24, 2.45) is 5.92 Å². The standard InChI is InChI=1S/C17H24N4O/c1-13-6-5-9-20(11-13)12-14-10-19-21(17(14)18)15-7-3-4-8-16(15)22-2/h3-4,7-8,10,13H,5-6,9,11-12,18H2,1-2H3. The highest BCUT2D eigenvalue weighted by atomic mass is 16.5. The molecule has 0 saturated carbocycles. The molecule has 1 unspecified atom stereocenters. The zero-order chi connectivity index (χ0) is 15.5. The Morgan fingerprint density at radius 3 is 2.95 bits per heavy atom. The van der Waals surface area contributed by atoms with Crippen LogP contribution in [-0.4, -0.2) is 34.9 Å². The fourth-order valence-corrected chi connectivity index (χ4v) is 3.18. The number of anilines is 1. The van der Waals surface area contributed by atoms with Crippen LogP contribution in [0.15, 0.2) is 30.5 Å². The minimum atomic E-state index is 0.697. The molecule has 1 saturated heterocycles. The molecule has 0 aliphatic carbocycles. The number of rotatable bonds is 4. The number of hydrogen-bond acceptors (Lipinski definition) is 4. The van der Waals surface area contributed by atoms with E-state index < -0.39 is 0 Å². The topological polar surface area (TPSA) is 56.3 Å². The Bertz CT molecular complexity index is 637. The molecule has 1 aromatic carbocycles. The summed E-state index contributed by atoms with van der Waals surface area (Å²) in [6.07, 6.45) is 4.47. The van der Waals surface area contributed by atoms with E-state index in [0.29, 0.717) is 5.82 Å². The van der Waals surface area contributed by atoms with Gasteiger partial charge in [-0.3, -0.25) is 4.90 Å². The summed E-state index contributed by atoms with van der Waals surface area (Å²) in [7, 11) is 1.66. The third kappa shape index (κ3) is 2.95. The first-order valence-electron chi connectivity index (χ1n) is 7.87. The van der Waals surface area contributed by atoms with Gasteiger partial charge in [0.05, 0.1) is 13.3 Å². The monoisotopic (exact) mass is 300 g/mol. The lowest BCUT2D eigenvalue weighted by Crippen LogP contribution is -2.33. The molecule has 1 aliphatic rings. The Hall–Kier alpha value is -2.01. The summed E-state index contributed by atoms with van der Waals surface area (Å²) >= 11 is 0. The number of likely N-dealkylation sites (tertiary alicyclic amines) is 1. The first-order chi connectivity index (χ1) is 10.7. The van der Waals surface area contributed by atoms with E-state index in [0.717, 1.165) is 42.6 Å². The number of ether oxygens (including phenoxy) is 1. The van der Waals surface area contributed by atoms with Crippen molar-refractivity contribution < 1.29 is 4.74 Å². The van der Waals surface area contributed by atoms with Gasteiger partial charge >= 0.3 is 0 Å². The Labute approximate surface area is 131 Å². The van der Waals surface area contributed by atoms with E-state index in [1.54, 1.807) is 11.8 Å². The normalized spacial score (nSPS) is 19.3. The summed E-state index contributed by atoms with van der Waals surface area (Å²) in [4.78, 5) is 2.47. The van der Waals surface area contributed by atoms with E-state index in [1.807, 2.05) is 30.5 Å². The van der Waals surface area contributed by atoms with Crippen LogP contribution in [0.4, 0.5) is 5.82 Å². The fourth-order valence-electron chi connectivity index (χ4n) is 3.18. The molecular formula is C17H24N4O. The van der Waals surface area contributed by atoms with Gasteiger partial charge < -0.3 is 10.5 Å². The summed E-state index contributed by atoms with van der Waals surface area (Å²) < 4.78 is 7.17. The molecule has 1 aromatic heterocycles. The Morgan fingerprint density at radius 1 is 1.36 bits per heavy atom.